The summed E-state index contributed by atoms with van der Waals surface area (Å²) in [7, 11) is 1.00. The highest BCUT2D eigenvalue weighted by Gasteiger charge is 2.47. The van der Waals surface area contributed by atoms with Gasteiger partial charge in [0.15, 0.2) is 18.6 Å². The molecule has 2 aromatic heterocycles. The Bertz CT molecular complexity index is 1500. The first-order valence-corrected chi connectivity index (χ1v) is 13.9. The van der Waals surface area contributed by atoms with Gasteiger partial charge in [0.05, 0.1) is 38.5 Å². The van der Waals surface area contributed by atoms with E-state index in [1.54, 1.807) is 0 Å². The number of hydrogen-bond donors (Lipinski definition) is 5. The minimum absolute atomic E-state index is 0.0383. The topological polar surface area (TPSA) is 219 Å². The van der Waals surface area contributed by atoms with Crippen molar-refractivity contribution >= 4 is 11.6 Å². The summed E-state index contributed by atoms with van der Waals surface area (Å²) in [5.74, 6) is 0.134. The minimum atomic E-state index is -1.72. The van der Waals surface area contributed by atoms with Gasteiger partial charge in [0, 0.05) is 25.1 Å². The highest BCUT2D eigenvalue weighted by molar-refractivity contribution is 5.24. The number of hydrogen-bond acceptors (Lipinski definition) is 13. The van der Waals surface area contributed by atoms with E-state index in [-0.39, 0.29) is 31.5 Å². The fourth-order valence-electron chi connectivity index (χ4n) is 5.12. The quantitative estimate of drug-likeness (QED) is 0.239. The number of aromatic nitrogens is 4. The zero-order valence-corrected chi connectivity index (χ0v) is 24.2. The average Bonchev–Trinajstić information content (AvgIpc) is 3.05. The molecule has 3 aromatic rings. The van der Waals surface area contributed by atoms with Gasteiger partial charge in [-0.25, -0.2) is 18.4 Å². The van der Waals surface area contributed by atoms with Crippen molar-refractivity contribution in [2.75, 3.05) is 45.0 Å². The van der Waals surface area contributed by atoms with Crippen LogP contribution < -0.4 is 22.8 Å². The summed E-state index contributed by atoms with van der Waals surface area (Å²) in [6, 6.07) is 10.3. The Hall–Kier alpha value is -3.84. The molecule has 1 aromatic carbocycles. The van der Waals surface area contributed by atoms with Crippen LogP contribution in [0.1, 0.15) is 23.9 Å². The maximum atomic E-state index is 15.2. The Labute approximate surface area is 255 Å². The van der Waals surface area contributed by atoms with Gasteiger partial charge >= 0.3 is 11.4 Å². The Morgan fingerprint density at radius 2 is 1.40 bits per heavy atom. The normalized spacial score (nSPS) is 30.9. The van der Waals surface area contributed by atoms with Crippen molar-refractivity contribution in [3.05, 3.63) is 81.4 Å². The van der Waals surface area contributed by atoms with E-state index in [1.807, 2.05) is 30.3 Å². The summed E-state index contributed by atoms with van der Waals surface area (Å²) < 4.78 is 53.6. The number of ether oxygens (including phenoxy) is 4. The molecule has 0 spiro atoms. The summed E-state index contributed by atoms with van der Waals surface area (Å²) in [5, 5.41) is 25.5. The van der Waals surface area contributed by atoms with Gasteiger partial charge in [-0.15, -0.1) is 0 Å². The molecule has 0 amide bonds. The number of benzene rings is 1. The molecule has 0 bridgehead atoms. The van der Waals surface area contributed by atoms with Crippen LogP contribution in [-0.4, -0.2) is 105 Å². The Kier molecular flexibility index (Phi) is 11.7. The molecule has 246 valence electrons. The van der Waals surface area contributed by atoms with Crippen molar-refractivity contribution < 1.29 is 43.0 Å². The average molecular weight is 639 g/mol. The predicted octanol–water partition coefficient (Wildman–Crippen LogP) is -0.717. The van der Waals surface area contributed by atoms with E-state index in [2.05, 4.69) is 9.97 Å². The molecule has 5 heterocycles. The van der Waals surface area contributed by atoms with Crippen LogP contribution in [0.25, 0.3) is 0 Å². The molecule has 9 atom stereocenters. The van der Waals surface area contributed by atoms with E-state index in [1.165, 1.54) is 29.1 Å². The highest BCUT2D eigenvalue weighted by atomic mass is 19.1. The third-order valence-corrected chi connectivity index (χ3v) is 7.45. The van der Waals surface area contributed by atoms with Crippen LogP contribution in [0, 0.1) is 0 Å². The molecule has 6 rings (SSSR count). The smallest absolute Gasteiger partial charge is 0.349 e. The number of nitrogen functional groups attached to an aromatic ring is 2. The highest BCUT2D eigenvalue weighted by Crippen LogP contribution is 2.36. The van der Waals surface area contributed by atoms with E-state index in [0.717, 1.165) is 17.2 Å². The fraction of sp³-hybridized carbons (Fsp3) is 0.500. The van der Waals surface area contributed by atoms with Gasteiger partial charge in [0.25, 0.3) is 0 Å². The lowest BCUT2D eigenvalue weighted by molar-refractivity contribution is -0.298. The van der Waals surface area contributed by atoms with E-state index in [4.69, 9.17) is 40.6 Å². The fourth-order valence-corrected chi connectivity index (χ4v) is 5.12. The summed E-state index contributed by atoms with van der Waals surface area (Å²) in [4.78, 5) is 30.7. The van der Waals surface area contributed by atoms with Gasteiger partial charge in [0.1, 0.15) is 36.1 Å². The van der Waals surface area contributed by atoms with E-state index < -0.39 is 73.1 Å². The van der Waals surface area contributed by atoms with Crippen molar-refractivity contribution in [2.45, 2.75) is 55.1 Å². The molecule has 3 aliphatic rings. The predicted molar refractivity (Wildman–Crippen MR) is 154 cm³/mol. The Balaban J connectivity index is 0.000000204. The van der Waals surface area contributed by atoms with Crippen molar-refractivity contribution in [1.29, 1.82) is 0 Å². The number of halogens is 2. The van der Waals surface area contributed by atoms with Gasteiger partial charge in [-0.2, -0.15) is 9.97 Å². The number of aliphatic hydroxyl groups excluding tert-OH is 3. The van der Waals surface area contributed by atoms with Gasteiger partial charge in [-0.3, -0.25) is 9.13 Å². The molecule has 0 aliphatic carbocycles. The van der Waals surface area contributed by atoms with Crippen LogP contribution in [0.5, 0.6) is 0 Å². The molecule has 45 heavy (non-hydrogen) atoms. The van der Waals surface area contributed by atoms with Crippen molar-refractivity contribution in [3.63, 3.8) is 0 Å². The van der Waals surface area contributed by atoms with Crippen LogP contribution in [0.4, 0.5) is 20.4 Å². The van der Waals surface area contributed by atoms with Crippen LogP contribution in [0.3, 0.4) is 0 Å². The molecule has 17 heteroatoms. The summed E-state index contributed by atoms with van der Waals surface area (Å²) in [6.07, 6.45) is -4.89. The summed E-state index contributed by atoms with van der Waals surface area (Å²) >= 11 is 0. The Morgan fingerprint density at radius 1 is 0.844 bits per heavy atom. The molecule has 3 aliphatic heterocycles. The number of anilines is 2. The lowest BCUT2D eigenvalue weighted by atomic mass is 9.98. The second kappa shape index (κ2) is 15.4. The van der Waals surface area contributed by atoms with Gasteiger partial charge in [-0.1, -0.05) is 30.3 Å². The summed E-state index contributed by atoms with van der Waals surface area (Å²) in [6.45, 7) is -0.346. The number of nitrogens with zero attached hydrogens (tertiary/aromatic N) is 4. The van der Waals surface area contributed by atoms with Gasteiger partial charge in [0.2, 0.25) is 0 Å². The lowest BCUT2D eigenvalue weighted by Crippen LogP contribution is -2.56. The van der Waals surface area contributed by atoms with Crippen molar-refractivity contribution in [3.8, 4) is 0 Å². The zero-order valence-electron chi connectivity index (χ0n) is 24.2. The number of nitrogens with two attached hydrogens (primary N) is 2. The van der Waals surface area contributed by atoms with Crippen molar-refractivity contribution in [2.24, 2.45) is 0 Å². The number of rotatable bonds is 4. The largest absolute Gasteiger partial charge is 0.400 e. The minimum Gasteiger partial charge on any atom is -0.400 e. The van der Waals surface area contributed by atoms with Gasteiger partial charge in [-0.05, 0) is 12.1 Å². The van der Waals surface area contributed by atoms with E-state index >= 15 is 4.39 Å². The van der Waals surface area contributed by atoms with Crippen LogP contribution in [0.2, 0.25) is 0 Å². The third-order valence-electron chi connectivity index (χ3n) is 7.45. The zero-order chi connectivity index (χ0) is 32.7. The molecule has 7 N–H and O–H groups in total. The number of fused-ring (bicyclic) bond motifs is 1. The van der Waals surface area contributed by atoms with Crippen LogP contribution >= 0.6 is 0 Å². The second-order valence-electron chi connectivity index (χ2n) is 10.2. The molecule has 1 unspecified atom stereocenters. The maximum Gasteiger partial charge on any atom is 0.349 e. The molecule has 0 radical (unpaired) electrons. The first kappa shape index (κ1) is 34.0. The first-order valence-electron chi connectivity index (χ1n) is 13.9. The Morgan fingerprint density at radius 3 is 1.96 bits per heavy atom. The summed E-state index contributed by atoms with van der Waals surface area (Å²) in [5.41, 5.74) is 10.3. The monoisotopic (exact) mass is 638 g/mol. The second-order valence-corrected chi connectivity index (χ2v) is 10.2. The third kappa shape index (κ3) is 7.70. The molecule has 3 saturated heterocycles. The number of alkyl halides is 2. The maximum absolute atomic E-state index is 15.2. The SMILES string of the molecule is CO.Nc1ccn([C@@H]2CO[C@@H]3COC(c4ccccc4)O[C@H]3[C@H]2F)c(=O)n1.Nc1ccn([C@@H]2CO[C@H](CO)[C@@H](O)[C@H]2F)c(=O)n1. The molecular formula is C28H36F2N6O9. The standard InChI is InChI=1S/C17H18FN3O4.C10H14FN3O4.CH4O/c18-14-11(21-7-6-13(19)20-17(21)22)8-23-12-9-24-16(25-15(12)14)10-4-2-1-3-5-10;11-8-5(4-18-6(3-15)9(8)16)14-2-1-7(12)13-10(14)17;1-2/h1-7,11-12,14-16H,8-9H2,(H2,19,20,22);1-2,5-6,8-9,15-16H,3-4H2,(H2,12,13,17);2H,1H3/t11-,12-,14+,15-,16?;5-,6-,8+,9-;/m11./s1. The number of aliphatic hydroxyl groups is 3. The molecule has 3 fully saturated rings. The first-order chi connectivity index (χ1) is 21.7. The van der Waals surface area contributed by atoms with Gasteiger partial charge < -0.3 is 45.7 Å². The van der Waals surface area contributed by atoms with E-state index in [9.17, 15) is 19.1 Å². The molecule has 0 saturated carbocycles. The van der Waals surface area contributed by atoms with Crippen LogP contribution in [-0.2, 0) is 18.9 Å². The molecule has 15 nitrogen and oxygen atoms in total. The lowest BCUT2D eigenvalue weighted by Gasteiger charge is -2.44. The van der Waals surface area contributed by atoms with Crippen molar-refractivity contribution in [1.82, 2.24) is 19.1 Å². The van der Waals surface area contributed by atoms with E-state index in [0.29, 0.717) is 0 Å². The molecular weight excluding hydrogens is 602 g/mol. The van der Waals surface area contributed by atoms with Crippen LogP contribution in [0.15, 0.2) is 64.4 Å².